The Bertz CT molecular complexity index is 606. The SMILES string of the molecule is O=C(O)CCN1CCN(c2cncc3nnnn23)CC1. The number of aliphatic carboxylic acids is 1. The first-order valence-corrected chi connectivity index (χ1v) is 6.45. The number of aromatic nitrogens is 5. The Morgan fingerprint density at radius 2 is 2.05 bits per heavy atom. The Hall–Kier alpha value is -2.29. The third-order valence-electron chi connectivity index (χ3n) is 3.43. The second-order valence-corrected chi connectivity index (χ2v) is 4.69. The summed E-state index contributed by atoms with van der Waals surface area (Å²) in [6.45, 7) is 3.86. The first-order valence-electron chi connectivity index (χ1n) is 6.45. The summed E-state index contributed by atoms with van der Waals surface area (Å²) in [6, 6.07) is 0. The first kappa shape index (κ1) is 12.7. The van der Waals surface area contributed by atoms with Gasteiger partial charge in [-0.2, -0.15) is 4.52 Å². The molecule has 0 aliphatic carbocycles. The van der Waals surface area contributed by atoms with Gasteiger partial charge in [-0.1, -0.05) is 0 Å². The summed E-state index contributed by atoms with van der Waals surface area (Å²) in [6.07, 6.45) is 3.55. The van der Waals surface area contributed by atoms with Crippen molar-refractivity contribution in [3.05, 3.63) is 12.4 Å². The van der Waals surface area contributed by atoms with Gasteiger partial charge in [0.15, 0.2) is 11.5 Å². The molecule has 9 heteroatoms. The lowest BCUT2D eigenvalue weighted by Crippen LogP contribution is -2.47. The number of rotatable bonds is 4. The molecule has 3 heterocycles. The number of nitrogens with zero attached hydrogens (tertiary/aromatic N) is 7. The largest absolute Gasteiger partial charge is 0.481 e. The lowest BCUT2D eigenvalue weighted by molar-refractivity contribution is -0.137. The monoisotopic (exact) mass is 277 g/mol. The average molecular weight is 277 g/mol. The van der Waals surface area contributed by atoms with Gasteiger partial charge in [0.2, 0.25) is 0 Å². The Balaban J connectivity index is 1.66. The molecule has 1 N–H and O–H groups in total. The van der Waals surface area contributed by atoms with Gasteiger partial charge in [0, 0.05) is 32.7 Å². The second-order valence-electron chi connectivity index (χ2n) is 4.69. The summed E-state index contributed by atoms with van der Waals surface area (Å²) in [4.78, 5) is 19.0. The standard InChI is InChI=1S/C11H15N7O2/c19-11(20)1-2-16-3-5-17(6-4-16)10-8-12-7-9-13-14-15-18(9)10/h7-8H,1-6H2,(H,19,20). The molecule has 1 aliphatic heterocycles. The van der Waals surface area contributed by atoms with Crippen LogP contribution in [0.5, 0.6) is 0 Å². The number of hydrogen-bond acceptors (Lipinski definition) is 7. The van der Waals surface area contributed by atoms with Gasteiger partial charge in [-0.05, 0) is 10.4 Å². The fourth-order valence-corrected chi connectivity index (χ4v) is 2.33. The number of tetrazole rings is 1. The Morgan fingerprint density at radius 1 is 1.25 bits per heavy atom. The van der Waals surface area contributed by atoms with E-state index in [2.05, 4.69) is 30.3 Å². The molecule has 0 spiro atoms. The summed E-state index contributed by atoms with van der Waals surface area (Å²) in [5, 5.41) is 20.2. The predicted octanol–water partition coefficient (Wildman–Crippen LogP) is -0.884. The van der Waals surface area contributed by atoms with Gasteiger partial charge in [-0.25, -0.2) is 0 Å². The Kier molecular flexibility index (Phi) is 3.42. The number of piperazine rings is 1. The average Bonchev–Trinajstić information content (AvgIpc) is 2.94. The van der Waals surface area contributed by atoms with Crippen LogP contribution in [0, 0.1) is 0 Å². The molecule has 0 bridgehead atoms. The van der Waals surface area contributed by atoms with E-state index in [1.54, 1.807) is 16.9 Å². The molecule has 1 fully saturated rings. The van der Waals surface area contributed by atoms with E-state index < -0.39 is 5.97 Å². The van der Waals surface area contributed by atoms with Crippen LogP contribution in [-0.2, 0) is 4.79 Å². The number of carbonyl (C=O) groups is 1. The van der Waals surface area contributed by atoms with Gasteiger partial charge in [-0.15, -0.1) is 5.10 Å². The molecule has 20 heavy (non-hydrogen) atoms. The van der Waals surface area contributed by atoms with E-state index in [9.17, 15) is 4.79 Å². The molecule has 1 aliphatic rings. The molecule has 2 aromatic heterocycles. The highest BCUT2D eigenvalue weighted by Crippen LogP contribution is 2.15. The van der Waals surface area contributed by atoms with Crippen molar-refractivity contribution < 1.29 is 9.90 Å². The number of fused-ring (bicyclic) bond motifs is 1. The number of carboxylic acid groups (broad SMARTS) is 1. The molecule has 0 unspecified atom stereocenters. The predicted molar refractivity (Wildman–Crippen MR) is 69.5 cm³/mol. The van der Waals surface area contributed by atoms with Gasteiger partial charge in [0.1, 0.15) is 0 Å². The topological polar surface area (TPSA) is 99.8 Å². The van der Waals surface area contributed by atoms with Crippen molar-refractivity contribution in [2.75, 3.05) is 37.6 Å². The second kappa shape index (κ2) is 5.37. The third-order valence-corrected chi connectivity index (χ3v) is 3.43. The van der Waals surface area contributed by atoms with Crippen LogP contribution in [0.2, 0.25) is 0 Å². The van der Waals surface area contributed by atoms with E-state index in [1.807, 2.05) is 0 Å². The molecular formula is C11H15N7O2. The molecule has 9 nitrogen and oxygen atoms in total. The molecule has 2 aromatic rings. The van der Waals surface area contributed by atoms with Gasteiger partial charge in [0.25, 0.3) is 0 Å². The molecule has 0 atom stereocenters. The van der Waals surface area contributed by atoms with Crippen molar-refractivity contribution in [3.63, 3.8) is 0 Å². The summed E-state index contributed by atoms with van der Waals surface area (Å²) < 4.78 is 1.67. The van der Waals surface area contributed by atoms with Crippen molar-refractivity contribution in [1.82, 2.24) is 29.9 Å². The molecular weight excluding hydrogens is 262 g/mol. The van der Waals surface area contributed by atoms with Crippen LogP contribution in [-0.4, -0.2) is 73.7 Å². The highest BCUT2D eigenvalue weighted by atomic mass is 16.4. The van der Waals surface area contributed by atoms with Crippen molar-refractivity contribution >= 4 is 17.4 Å². The van der Waals surface area contributed by atoms with E-state index in [-0.39, 0.29) is 6.42 Å². The van der Waals surface area contributed by atoms with Gasteiger partial charge in [0.05, 0.1) is 18.8 Å². The summed E-state index contributed by atoms with van der Waals surface area (Å²) in [7, 11) is 0. The fraction of sp³-hybridized carbons (Fsp3) is 0.545. The molecule has 0 radical (unpaired) electrons. The molecule has 0 saturated carbocycles. The van der Waals surface area contributed by atoms with Crippen LogP contribution < -0.4 is 4.90 Å². The van der Waals surface area contributed by atoms with Crippen LogP contribution >= 0.6 is 0 Å². The number of anilines is 1. The van der Waals surface area contributed by atoms with Gasteiger partial charge < -0.3 is 10.0 Å². The lowest BCUT2D eigenvalue weighted by Gasteiger charge is -2.35. The number of carboxylic acids is 1. The zero-order valence-corrected chi connectivity index (χ0v) is 10.9. The maximum atomic E-state index is 10.6. The minimum Gasteiger partial charge on any atom is -0.481 e. The zero-order chi connectivity index (χ0) is 13.9. The van der Waals surface area contributed by atoms with E-state index in [0.717, 1.165) is 32.0 Å². The highest BCUT2D eigenvalue weighted by molar-refractivity contribution is 5.66. The van der Waals surface area contributed by atoms with Gasteiger partial charge >= 0.3 is 5.97 Å². The van der Waals surface area contributed by atoms with Crippen LogP contribution in [0.4, 0.5) is 5.82 Å². The zero-order valence-electron chi connectivity index (χ0n) is 10.9. The maximum absolute atomic E-state index is 10.6. The van der Waals surface area contributed by atoms with E-state index in [4.69, 9.17) is 5.11 Å². The molecule has 3 rings (SSSR count). The molecule has 0 amide bonds. The summed E-state index contributed by atoms with van der Waals surface area (Å²) >= 11 is 0. The van der Waals surface area contributed by atoms with Crippen molar-refractivity contribution in [2.45, 2.75) is 6.42 Å². The van der Waals surface area contributed by atoms with Crippen LogP contribution in [0.1, 0.15) is 6.42 Å². The van der Waals surface area contributed by atoms with Gasteiger partial charge in [-0.3, -0.25) is 14.7 Å². The molecule has 0 aromatic carbocycles. The fourth-order valence-electron chi connectivity index (χ4n) is 2.33. The normalized spacial score (nSPS) is 16.7. The van der Waals surface area contributed by atoms with Crippen LogP contribution in [0.15, 0.2) is 12.4 Å². The Labute approximate surface area is 114 Å². The quantitative estimate of drug-likeness (QED) is 0.768. The molecule has 1 saturated heterocycles. The van der Waals surface area contributed by atoms with Crippen molar-refractivity contribution in [2.24, 2.45) is 0 Å². The minimum atomic E-state index is -0.755. The van der Waals surface area contributed by atoms with Crippen LogP contribution in [0.3, 0.4) is 0 Å². The van der Waals surface area contributed by atoms with E-state index in [1.165, 1.54) is 0 Å². The smallest absolute Gasteiger partial charge is 0.304 e. The number of hydrogen-bond donors (Lipinski definition) is 1. The summed E-state index contributed by atoms with van der Waals surface area (Å²) in [5.41, 5.74) is 0.621. The van der Waals surface area contributed by atoms with Crippen molar-refractivity contribution in [1.29, 1.82) is 0 Å². The van der Waals surface area contributed by atoms with Crippen LogP contribution in [0.25, 0.3) is 5.65 Å². The van der Waals surface area contributed by atoms with E-state index in [0.29, 0.717) is 12.2 Å². The first-order chi connectivity index (χ1) is 9.74. The Morgan fingerprint density at radius 3 is 2.80 bits per heavy atom. The summed E-state index contributed by atoms with van der Waals surface area (Å²) in [5.74, 6) is 0.112. The van der Waals surface area contributed by atoms with E-state index >= 15 is 0 Å². The molecule has 106 valence electrons. The third kappa shape index (κ3) is 2.52. The maximum Gasteiger partial charge on any atom is 0.304 e. The van der Waals surface area contributed by atoms with Crippen molar-refractivity contribution in [3.8, 4) is 0 Å². The highest BCUT2D eigenvalue weighted by Gasteiger charge is 2.20. The lowest BCUT2D eigenvalue weighted by atomic mass is 10.3. The minimum absolute atomic E-state index is 0.185.